The summed E-state index contributed by atoms with van der Waals surface area (Å²) < 4.78 is 6.84. The number of benzene rings is 6. The van der Waals surface area contributed by atoms with Gasteiger partial charge in [0.15, 0.2) is 17.5 Å². The van der Waals surface area contributed by atoms with Crippen molar-refractivity contribution in [3.05, 3.63) is 175 Å². The molecule has 0 bridgehead atoms. The first-order valence-corrected chi connectivity index (χ1v) is 17.0. The van der Waals surface area contributed by atoms with Gasteiger partial charge in [-0.3, -0.25) is 0 Å². The molecule has 5 nitrogen and oxygen atoms in total. The lowest BCUT2D eigenvalue weighted by molar-refractivity contribution is 0.658. The molecule has 1 aliphatic carbocycles. The minimum atomic E-state index is 0.202. The second-order valence-electron chi connectivity index (χ2n) is 12.8. The molecule has 0 saturated heterocycles. The molecule has 0 spiro atoms. The Hall–Kier alpha value is -6.59. The van der Waals surface area contributed by atoms with Crippen molar-refractivity contribution in [3.8, 4) is 45.3 Å². The van der Waals surface area contributed by atoms with E-state index in [9.17, 15) is 0 Å². The van der Waals surface area contributed by atoms with E-state index >= 15 is 0 Å². The predicted octanol–water partition coefficient (Wildman–Crippen LogP) is 11.5. The highest BCUT2D eigenvalue weighted by Crippen LogP contribution is 2.54. The molecule has 6 aromatic carbocycles. The third kappa shape index (κ3) is 4.59. The molecule has 1 unspecified atom stereocenters. The number of furan rings is 1. The monoisotopic (exact) mass is 642 g/mol. The molecule has 50 heavy (non-hydrogen) atoms. The topological polar surface area (TPSA) is 55.1 Å². The van der Waals surface area contributed by atoms with Gasteiger partial charge < -0.3 is 9.32 Å². The number of fused-ring (bicyclic) bond motifs is 7. The molecule has 3 heterocycles. The van der Waals surface area contributed by atoms with Gasteiger partial charge in [-0.25, -0.2) is 15.0 Å². The van der Waals surface area contributed by atoms with Crippen molar-refractivity contribution in [2.24, 2.45) is 0 Å². The standard InChI is InChI=1S/C45H30N4O/c1-4-14-29(15-5-1)31-18-12-19-32(28-31)44-46-43(30-16-6-2-7-17-30)47-45(48-44)36-23-13-25-39-40(36)35-26-27-38-41(42(35)50-39)34-22-10-11-24-37(34)49(38)33-20-8-3-9-21-33/h1-21,23-28,34H,22H2. The number of anilines is 2. The van der Waals surface area contributed by atoms with Crippen molar-refractivity contribution in [2.75, 3.05) is 4.90 Å². The molecule has 236 valence electrons. The minimum Gasteiger partial charge on any atom is -0.456 e. The van der Waals surface area contributed by atoms with Gasteiger partial charge in [0, 0.05) is 50.3 Å². The van der Waals surface area contributed by atoms with Crippen LogP contribution >= 0.6 is 0 Å². The summed E-state index contributed by atoms with van der Waals surface area (Å²) in [5.74, 6) is 2.07. The molecule has 2 aromatic heterocycles. The van der Waals surface area contributed by atoms with Crippen molar-refractivity contribution < 1.29 is 4.42 Å². The van der Waals surface area contributed by atoms with Crippen LogP contribution in [0.4, 0.5) is 11.4 Å². The Labute approximate surface area is 289 Å². The van der Waals surface area contributed by atoms with Crippen LogP contribution in [0.3, 0.4) is 0 Å². The summed E-state index contributed by atoms with van der Waals surface area (Å²) >= 11 is 0. The Morgan fingerprint density at radius 1 is 0.580 bits per heavy atom. The van der Waals surface area contributed by atoms with E-state index in [-0.39, 0.29) is 5.92 Å². The molecule has 1 aliphatic heterocycles. The maximum absolute atomic E-state index is 6.84. The van der Waals surface area contributed by atoms with Crippen LogP contribution < -0.4 is 4.90 Å². The quantitative estimate of drug-likeness (QED) is 0.187. The van der Waals surface area contributed by atoms with Gasteiger partial charge in [-0.2, -0.15) is 0 Å². The molecule has 2 aliphatic rings. The number of para-hydroxylation sites is 1. The highest BCUT2D eigenvalue weighted by atomic mass is 16.3. The van der Waals surface area contributed by atoms with E-state index in [1.807, 2.05) is 42.5 Å². The fourth-order valence-electron chi connectivity index (χ4n) is 7.55. The summed E-state index contributed by atoms with van der Waals surface area (Å²) in [6, 6.07) is 50.2. The van der Waals surface area contributed by atoms with Gasteiger partial charge in [-0.15, -0.1) is 0 Å². The van der Waals surface area contributed by atoms with Crippen LogP contribution in [0.5, 0.6) is 0 Å². The zero-order chi connectivity index (χ0) is 33.0. The van der Waals surface area contributed by atoms with Crippen LogP contribution in [0.15, 0.2) is 174 Å². The fourth-order valence-corrected chi connectivity index (χ4v) is 7.55. The second-order valence-corrected chi connectivity index (χ2v) is 12.8. The van der Waals surface area contributed by atoms with Crippen LogP contribution in [-0.4, -0.2) is 15.0 Å². The zero-order valence-corrected chi connectivity index (χ0v) is 27.1. The molecule has 0 N–H and O–H groups in total. The van der Waals surface area contributed by atoms with Crippen LogP contribution in [0.25, 0.3) is 67.2 Å². The molecule has 1 atom stereocenters. The average Bonchev–Trinajstić information content (AvgIpc) is 3.75. The van der Waals surface area contributed by atoms with Gasteiger partial charge in [-0.1, -0.05) is 121 Å². The van der Waals surface area contributed by atoms with Crippen molar-refractivity contribution in [3.63, 3.8) is 0 Å². The van der Waals surface area contributed by atoms with E-state index in [4.69, 9.17) is 19.4 Å². The van der Waals surface area contributed by atoms with Gasteiger partial charge in [0.05, 0.1) is 5.69 Å². The van der Waals surface area contributed by atoms with Gasteiger partial charge in [0.25, 0.3) is 0 Å². The molecule has 0 radical (unpaired) electrons. The summed E-state index contributed by atoms with van der Waals surface area (Å²) in [7, 11) is 0. The number of hydrogen-bond acceptors (Lipinski definition) is 5. The summed E-state index contributed by atoms with van der Waals surface area (Å²) in [5, 5.41) is 2.07. The fraction of sp³-hybridized carbons (Fsp3) is 0.0444. The highest BCUT2D eigenvalue weighted by Gasteiger charge is 2.38. The van der Waals surface area contributed by atoms with E-state index < -0.39 is 0 Å². The van der Waals surface area contributed by atoms with Gasteiger partial charge >= 0.3 is 0 Å². The van der Waals surface area contributed by atoms with Crippen LogP contribution in [0.2, 0.25) is 0 Å². The summed E-state index contributed by atoms with van der Waals surface area (Å²) in [6.07, 6.45) is 7.58. The Kier molecular flexibility index (Phi) is 6.56. The van der Waals surface area contributed by atoms with Crippen LogP contribution in [0.1, 0.15) is 17.9 Å². The van der Waals surface area contributed by atoms with Crippen molar-refractivity contribution >= 4 is 33.3 Å². The number of nitrogens with zero attached hydrogens (tertiary/aromatic N) is 4. The Balaban J connectivity index is 1.18. The Morgan fingerprint density at radius 3 is 2.04 bits per heavy atom. The largest absolute Gasteiger partial charge is 0.456 e. The van der Waals surface area contributed by atoms with Crippen LogP contribution in [0, 0.1) is 0 Å². The Bertz CT molecular complexity index is 2620. The van der Waals surface area contributed by atoms with Crippen LogP contribution in [-0.2, 0) is 0 Å². The number of rotatable bonds is 5. The second kappa shape index (κ2) is 11.5. The lowest BCUT2D eigenvalue weighted by Gasteiger charge is -2.24. The molecule has 0 fully saturated rings. The first kappa shape index (κ1) is 28.4. The first-order valence-electron chi connectivity index (χ1n) is 17.0. The van der Waals surface area contributed by atoms with Crippen molar-refractivity contribution in [1.29, 1.82) is 0 Å². The predicted molar refractivity (Wildman–Crippen MR) is 202 cm³/mol. The van der Waals surface area contributed by atoms with E-state index in [1.54, 1.807) is 0 Å². The molecule has 8 aromatic rings. The third-order valence-electron chi connectivity index (χ3n) is 9.81. The van der Waals surface area contributed by atoms with Gasteiger partial charge in [-0.05, 0) is 60.0 Å². The van der Waals surface area contributed by atoms with Gasteiger partial charge in [0.1, 0.15) is 11.2 Å². The minimum absolute atomic E-state index is 0.202. The Morgan fingerprint density at radius 2 is 1.24 bits per heavy atom. The lowest BCUT2D eigenvalue weighted by Crippen LogP contribution is -2.14. The van der Waals surface area contributed by atoms with Crippen molar-refractivity contribution in [2.45, 2.75) is 12.3 Å². The first-order chi connectivity index (χ1) is 24.8. The molecule has 10 rings (SSSR count). The normalized spacial score (nSPS) is 14.9. The van der Waals surface area contributed by atoms with Crippen molar-refractivity contribution in [1.82, 2.24) is 15.0 Å². The third-order valence-corrected chi connectivity index (χ3v) is 9.81. The number of aromatic nitrogens is 3. The number of hydrogen-bond donors (Lipinski definition) is 0. The summed E-state index contributed by atoms with van der Waals surface area (Å²) in [5.41, 5.74) is 11.6. The molecule has 5 heteroatoms. The summed E-state index contributed by atoms with van der Waals surface area (Å²) in [4.78, 5) is 17.7. The molecular formula is C45H30N4O. The molecule has 0 amide bonds. The van der Waals surface area contributed by atoms with E-state index in [2.05, 4.69) is 126 Å². The highest BCUT2D eigenvalue weighted by molar-refractivity contribution is 6.14. The maximum Gasteiger partial charge on any atom is 0.164 e. The number of allylic oxidation sites excluding steroid dienone is 4. The summed E-state index contributed by atoms with van der Waals surface area (Å²) in [6.45, 7) is 0. The van der Waals surface area contributed by atoms with E-state index in [0.717, 1.165) is 67.6 Å². The molecule has 0 saturated carbocycles. The lowest BCUT2D eigenvalue weighted by atomic mass is 9.90. The smallest absolute Gasteiger partial charge is 0.164 e. The zero-order valence-electron chi connectivity index (χ0n) is 27.1. The maximum atomic E-state index is 6.84. The van der Waals surface area contributed by atoms with E-state index in [0.29, 0.717) is 17.5 Å². The van der Waals surface area contributed by atoms with Gasteiger partial charge in [0.2, 0.25) is 0 Å². The average molecular weight is 643 g/mol. The SMILES string of the molecule is C1=CCC2C(=C1)N(c1ccccc1)c1ccc3c(oc4cccc(-c5nc(-c6ccccc6)nc(-c6cccc(-c7ccccc7)c6)n5)c43)c12. The molecular weight excluding hydrogens is 613 g/mol. The van der Waals surface area contributed by atoms with E-state index in [1.165, 1.54) is 11.3 Å².